The molecule has 8 heteroatoms. The molecule has 2 aliphatic heterocycles. The molecule has 0 aliphatic carbocycles. The molecule has 8 nitrogen and oxygen atoms in total. The molecule has 2 atom stereocenters. The molecule has 4 heterocycles. The summed E-state index contributed by atoms with van der Waals surface area (Å²) in [4.78, 5) is 31.0. The predicted octanol–water partition coefficient (Wildman–Crippen LogP) is 5.09. The molecule has 0 bridgehead atoms. The maximum Gasteiger partial charge on any atom is 0.410 e. The largest absolute Gasteiger partial charge is 0.444 e. The van der Waals surface area contributed by atoms with Crippen molar-refractivity contribution in [3.8, 4) is 0 Å². The fraction of sp³-hybridized carbons (Fsp3) is 0.516. The maximum absolute atomic E-state index is 12.4. The van der Waals surface area contributed by atoms with E-state index < -0.39 is 5.60 Å². The van der Waals surface area contributed by atoms with Crippen LogP contribution in [0.4, 0.5) is 16.3 Å². The smallest absolute Gasteiger partial charge is 0.410 e. The molecular weight excluding hydrogens is 488 g/mol. The van der Waals surface area contributed by atoms with Crippen molar-refractivity contribution in [1.82, 2.24) is 19.8 Å². The molecule has 1 aromatic carbocycles. The van der Waals surface area contributed by atoms with Crippen LogP contribution in [0.15, 0.2) is 48.8 Å². The Morgan fingerprint density at radius 3 is 2.31 bits per heavy atom. The van der Waals surface area contributed by atoms with Gasteiger partial charge in [0.2, 0.25) is 0 Å². The van der Waals surface area contributed by atoms with Gasteiger partial charge in [-0.25, -0.2) is 9.78 Å². The minimum absolute atomic E-state index is 0.235. The fourth-order valence-corrected chi connectivity index (χ4v) is 5.79. The minimum atomic E-state index is -0.472. The Balaban J connectivity index is 1.19. The molecule has 2 saturated heterocycles. The van der Waals surface area contributed by atoms with Gasteiger partial charge in [0.1, 0.15) is 11.4 Å². The third-order valence-corrected chi connectivity index (χ3v) is 7.82. The topological polar surface area (TPSA) is 65.0 Å². The van der Waals surface area contributed by atoms with E-state index in [2.05, 4.69) is 70.8 Å². The molecule has 1 amide bonds. The van der Waals surface area contributed by atoms with Crippen LogP contribution < -0.4 is 9.80 Å². The number of piperazine rings is 2. The van der Waals surface area contributed by atoms with Gasteiger partial charge in [0.15, 0.2) is 0 Å². The molecule has 3 aromatic rings. The summed E-state index contributed by atoms with van der Waals surface area (Å²) in [6, 6.07) is 13.8. The van der Waals surface area contributed by atoms with E-state index in [9.17, 15) is 4.79 Å². The molecule has 2 aliphatic rings. The summed E-state index contributed by atoms with van der Waals surface area (Å²) in [5.41, 5.74) is 4.34. The predicted molar refractivity (Wildman–Crippen MR) is 157 cm³/mol. The standard InChI is InChI=1S/C31H42N6O2/c1-22-9-11-27(26-8-7-13-32-29(22)26)36-19-23(2)37(24(3)20-36)21-25-10-12-28(33-18-25)34-14-16-35(17-15-34)30(38)39-31(4,5)6/h7-13,18,23-24H,14-17,19-21H2,1-6H3. The van der Waals surface area contributed by atoms with Crippen LogP contribution in [0.2, 0.25) is 0 Å². The maximum atomic E-state index is 12.4. The highest BCUT2D eigenvalue weighted by atomic mass is 16.6. The number of pyridine rings is 2. The van der Waals surface area contributed by atoms with Crippen molar-refractivity contribution in [2.45, 2.75) is 65.8 Å². The van der Waals surface area contributed by atoms with Crippen LogP contribution in [0.1, 0.15) is 45.7 Å². The van der Waals surface area contributed by atoms with E-state index >= 15 is 0 Å². The molecule has 0 N–H and O–H groups in total. The van der Waals surface area contributed by atoms with E-state index in [4.69, 9.17) is 9.72 Å². The number of aromatic nitrogens is 2. The molecule has 2 aromatic heterocycles. The zero-order chi connectivity index (χ0) is 27.7. The molecule has 208 valence electrons. The van der Waals surface area contributed by atoms with Gasteiger partial charge in [0.05, 0.1) is 5.52 Å². The highest BCUT2D eigenvalue weighted by molar-refractivity contribution is 5.93. The summed E-state index contributed by atoms with van der Waals surface area (Å²) in [6.45, 7) is 18.1. The Bertz CT molecular complexity index is 1280. The Morgan fingerprint density at radius 2 is 1.67 bits per heavy atom. The van der Waals surface area contributed by atoms with Crippen LogP contribution in [0.25, 0.3) is 10.9 Å². The second kappa shape index (κ2) is 11.0. The van der Waals surface area contributed by atoms with E-state index in [1.54, 1.807) is 4.90 Å². The first-order chi connectivity index (χ1) is 18.6. The van der Waals surface area contributed by atoms with Crippen molar-refractivity contribution < 1.29 is 9.53 Å². The first kappa shape index (κ1) is 27.2. The lowest BCUT2D eigenvalue weighted by Gasteiger charge is -2.45. The van der Waals surface area contributed by atoms with E-state index in [1.807, 2.05) is 39.2 Å². The number of fused-ring (bicyclic) bond motifs is 1. The zero-order valence-electron chi connectivity index (χ0n) is 24.2. The summed E-state index contributed by atoms with van der Waals surface area (Å²) < 4.78 is 5.52. The lowest BCUT2D eigenvalue weighted by atomic mass is 10.0. The molecule has 0 radical (unpaired) electrons. The summed E-state index contributed by atoms with van der Waals surface area (Å²) in [6.07, 6.45) is 3.66. The first-order valence-electron chi connectivity index (χ1n) is 14.1. The molecule has 0 saturated carbocycles. The van der Waals surface area contributed by atoms with Gasteiger partial charge >= 0.3 is 6.09 Å². The van der Waals surface area contributed by atoms with Crippen LogP contribution in [0, 0.1) is 6.92 Å². The number of hydrogen-bond donors (Lipinski definition) is 0. The first-order valence-corrected chi connectivity index (χ1v) is 14.1. The van der Waals surface area contributed by atoms with Gasteiger partial charge in [-0.15, -0.1) is 0 Å². The Morgan fingerprint density at radius 1 is 0.949 bits per heavy atom. The number of nitrogens with zero attached hydrogens (tertiary/aromatic N) is 6. The van der Waals surface area contributed by atoms with E-state index in [0.717, 1.165) is 44.1 Å². The van der Waals surface area contributed by atoms with Crippen molar-refractivity contribution in [2.24, 2.45) is 0 Å². The normalized spacial score (nSPS) is 20.9. The van der Waals surface area contributed by atoms with Gasteiger partial charge in [0, 0.05) is 81.4 Å². The quantitative estimate of drug-likeness (QED) is 0.465. The van der Waals surface area contributed by atoms with Gasteiger partial charge in [-0.2, -0.15) is 0 Å². The number of hydrogen-bond acceptors (Lipinski definition) is 7. The van der Waals surface area contributed by atoms with Crippen molar-refractivity contribution in [3.63, 3.8) is 0 Å². The van der Waals surface area contributed by atoms with Gasteiger partial charge in [-0.1, -0.05) is 12.1 Å². The highest BCUT2D eigenvalue weighted by Gasteiger charge is 2.31. The van der Waals surface area contributed by atoms with Crippen molar-refractivity contribution >= 4 is 28.5 Å². The Labute approximate surface area is 232 Å². The third kappa shape index (κ3) is 6.11. The third-order valence-electron chi connectivity index (χ3n) is 7.82. The lowest BCUT2D eigenvalue weighted by molar-refractivity contribution is 0.0240. The van der Waals surface area contributed by atoms with Gasteiger partial charge in [-0.05, 0) is 76.9 Å². The van der Waals surface area contributed by atoms with Crippen LogP contribution in [0.5, 0.6) is 0 Å². The molecule has 5 rings (SSSR count). The van der Waals surface area contributed by atoms with E-state index in [0.29, 0.717) is 25.2 Å². The second-order valence-corrected chi connectivity index (χ2v) is 12.1. The average molecular weight is 531 g/mol. The highest BCUT2D eigenvalue weighted by Crippen LogP contribution is 2.31. The number of carbonyl (C=O) groups is 1. The average Bonchev–Trinajstić information content (AvgIpc) is 2.90. The summed E-state index contributed by atoms with van der Waals surface area (Å²) in [5.74, 6) is 0.966. The van der Waals surface area contributed by atoms with Crippen molar-refractivity contribution in [2.75, 3.05) is 49.1 Å². The molecule has 39 heavy (non-hydrogen) atoms. The van der Waals surface area contributed by atoms with Crippen LogP contribution >= 0.6 is 0 Å². The van der Waals surface area contributed by atoms with Crippen LogP contribution in [-0.4, -0.2) is 82.8 Å². The number of ether oxygens (including phenoxy) is 1. The second-order valence-electron chi connectivity index (χ2n) is 12.1. The molecular formula is C31H42N6O2. The molecule has 0 spiro atoms. The molecule has 2 fully saturated rings. The SMILES string of the molecule is Cc1ccc(N2CC(C)N(Cc3ccc(N4CCN(C(=O)OC(C)(C)C)CC4)nc3)C(C)C2)c2cccnc12. The van der Waals surface area contributed by atoms with Crippen LogP contribution in [0.3, 0.4) is 0 Å². The number of anilines is 2. The molecule has 2 unspecified atom stereocenters. The summed E-state index contributed by atoms with van der Waals surface area (Å²) in [7, 11) is 0. The monoisotopic (exact) mass is 530 g/mol. The number of benzene rings is 1. The van der Waals surface area contributed by atoms with E-state index in [1.165, 1.54) is 22.2 Å². The van der Waals surface area contributed by atoms with Crippen molar-refractivity contribution in [3.05, 3.63) is 59.9 Å². The number of amides is 1. The summed E-state index contributed by atoms with van der Waals surface area (Å²) in [5, 5.41) is 1.23. The van der Waals surface area contributed by atoms with Crippen LogP contribution in [-0.2, 0) is 11.3 Å². The number of aryl methyl sites for hydroxylation is 1. The van der Waals surface area contributed by atoms with E-state index in [-0.39, 0.29) is 6.09 Å². The van der Waals surface area contributed by atoms with Crippen molar-refractivity contribution in [1.29, 1.82) is 0 Å². The fourth-order valence-electron chi connectivity index (χ4n) is 5.79. The van der Waals surface area contributed by atoms with Gasteiger partial charge in [0.25, 0.3) is 0 Å². The number of carbonyl (C=O) groups excluding carboxylic acids is 1. The zero-order valence-corrected chi connectivity index (χ0v) is 24.2. The van der Waals surface area contributed by atoms with Gasteiger partial charge in [-0.3, -0.25) is 9.88 Å². The van der Waals surface area contributed by atoms with Gasteiger partial charge < -0.3 is 19.4 Å². The number of rotatable bonds is 4. The summed E-state index contributed by atoms with van der Waals surface area (Å²) >= 11 is 0. The Hall–Kier alpha value is -3.39. The Kier molecular flexibility index (Phi) is 7.67. The minimum Gasteiger partial charge on any atom is -0.444 e. The lowest BCUT2D eigenvalue weighted by Crippen LogP contribution is -2.56.